The minimum absolute atomic E-state index is 0.199. The van der Waals surface area contributed by atoms with Gasteiger partial charge in [0.1, 0.15) is 11.6 Å². The van der Waals surface area contributed by atoms with Crippen LogP contribution in [0.2, 0.25) is 0 Å². The zero-order valence-corrected chi connectivity index (χ0v) is 12.9. The summed E-state index contributed by atoms with van der Waals surface area (Å²) in [5.41, 5.74) is 3.23. The van der Waals surface area contributed by atoms with Crippen LogP contribution in [0.25, 0.3) is 11.3 Å². The summed E-state index contributed by atoms with van der Waals surface area (Å²) in [6.45, 7) is 3.66. The molecule has 5 nitrogen and oxygen atoms in total. The molecule has 3 aromatic rings. The molecule has 0 atom stereocenters. The Labute approximate surface area is 134 Å². The van der Waals surface area contributed by atoms with E-state index in [2.05, 4.69) is 20.3 Å². The number of hydrogen-bond donors (Lipinski definition) is 1. The molecule has 0 saturated heterocycles. The van der Waals surface area contributed by atoms with Crippen LogP contribution in [-0.2, 0) is 0 Å². The Bertz CT molecular complexity index is 809. The molecule has 0 unspecified atom stereocenters. The van der Waals surface area contributed by atoms with Crippen molar-refractivity contribution >= 4 is 11.7 Å². The predicted octanol–water partition coefficient (Wildman–Crippen LogP) is 3.41. The Morgan fingerprint density at radius 1 is 1.00 bits per heavy atom. The molecule has 1 N–H and O–H groups in total. The standard InChI is InChI=1S/C18H16N4O/c1-12-11-17(21-13(2)20-12)22-18(23)15-8-6-14(7-9-15)16-5-3-4-10-19-16/h3-11H,1-2H3,(H,20,21,22,23). The summed E-state index contributed by atoms with van der Waals surface area (Å²) in [5.74, 6) is 0.940. The Hall–Kier alpha value is -3.08. The Morgan fingerprint density at radius 2 is 1.78 bits per heavy atom. The fraction of sp³-hybridized carbons (Fsp3) is 0.111. The van der Waals surface area contributed by atoms with Crippen LogP contribution in [0.15, 0.2) is 54.7 Å². The van der Waals surface area contributed by atoms with E-state index in [1.165, 1.54) is 0 Å². The number of rotatable bonds is 3. The Morgan fingerprint density at radius 3 is 2.43 bits per heavy atom. The van der Waals surface area contributed by atoms with Crippen molar-refractivity contribution in [3.8, 4) is 11.3 Å². The second kappa shape index (κ2) is 6.36. The first-order valence-electron chi connectivity index (χ1n) is 7.27. The maximum Gasteiger partial charge on any atom is 0.256 e. The number of pyridine rings is 1. The van der Waals surface area contributed by atoms with Gasteiger partial charge in [-0.1, -0.05) is 18.2 Å². The molecule has 0 aliphatic carbocycles. The molecule has 0 fully saturated rings. The summed E-state index contributed by atoms with van der Waals surface area (Å²) in [6.07, 6.45) is 1.75. The highest BCUT2D eigenvalue weighted by Crippen LogP contribution is 2.17. The first kappa shape index (κ1) is 14.8. The van der Waals surface area contributed by atoms with Crippen LogP contribution >= 0.6 is 0 Å². The van der Waals surface area contributed by atoms with E-state index in [-0.39, 0.29) is 5.91 Å². The number of anilines is 1. The SMILES string of the molecule is Cc1cc(NC(=O)c2ccc(-c3ccccn3)cc2)nc(C)n1. The number of carbonyl (C=O) groups is 1. The van der Waals surface area contributed by atoms with E-state index in [4.69, 9.17) is 0 Å². The highest BCUT2D eigenvalue weighted by molar-refractivity contribution is 6.04. The molecule has 0 aliphatic heterocycles. The van der Waals surface area contributed by atoms with Crippen LogP contribution in [0.1, 0.15) is 21.9 Å². The van der Waals surface area contributed by atoms with Crippen LogP contribution in [0.5, 0.6) is 0 Å². The Balaban J connectivity index is 1.78. The molecule has 0 spiro atoms. The lowest BCUT2D eigenvalue weighted by molar-refractivity contribution is 0.102. The summed E-state index contributed by atoms with van der Waals surface area (Å²) in [4.78, 5) is 25.0. The zero-order valence-electron chi connectivity index (χ0n) is 12.9. The predicted molar refractivity (Wildman–Crippen MR) is 89.1 cm³/mol. The minimum Gasteiger partial charge on any atom is -0.306 e. The lowest BCUT2D eigenvalue weighted by atomic mass is 10.1. The Kier molecular flexibility index (Phi) is 4.10. The largest absolute Gasteiger partial charge is 0.306 e. The van der Waals surface area contributed by atoms with Crippen LogP contribution in [0.4, 0.5) is 5.82 Å². The van der Waals surface area contributed by atoms with Crippen molar-refractivity contribution in [2.45, 2.75) is 13.8 Å². The number of aromatic nitrogens is 3. The van der Waals surface area contributed by atoms with Gasteiger partial charge >= 0.3 is 0 Å². The van der Waals surface area contributed by atoms with Crippen molar-refractivity contribution in [1.82, 2.24) is 15.0 Å². The zero-order chi connectivity index (χ0) is 16.2. The topological polar surface area (TPSA) is 67.8 Å². The van der Waals surface area contributed by atoms with E-state index in [1.807, 2.05) is 37.3 Å². The molecule has 114 valence electrons. The molecule has 3 rings (SSSR count). The molecule has 0 aliphatic rings. The lowest BCUT2D eigenvalue weighted by Crippen LogP contribution is -2.13. The molecule has 1 amide bonds. The van der Waals surface area contributed by atoms with Gasteiger partial charge in [0, 0.05) is 29.1 Å². The van der Waals surface area contributed by atoms with Crippen molar-refractivity contribution in [2.24, 2.45) is 0 Å². The minimum atomic E-state index is -0.199. The monoisotopic (exact) mass is 304 g/mol. The fourth-order valence-electron chi connectivity index (χ4n) is 2.30. The maximum absolute atomic E-state index is 12.3. The highest BCUT2D eigenvalue weighted by atomic mass is 16.1. The molecule has 2 aromatic heterocycles. The lowest BCUT2D eigenvalue weighted by Gasteiger charge is -2.07. The summed E-state index contributed by atoms with van der Waals surface area (Å²) in [7, 11) is 0. The van der Waals surface area contributed by atoms with Crippen LogP contribution < -0.4 is 5.32 Å². The van der Waals surface area contributed by atoms with Crippen molar-refractivity contribution in [2.75, 3.05) is 5.32 Å². The van der Waals surface area contributed by atoms with Crippen molar-refractivity contribution in [1.29, 1.82) is 0 Å². The summed E-state index contributed by atoms with van der Waals surface area (Å²) in [5, 5.41) is 2.79. The molecule has 0 saturated carbocycles. The third kappa shape index (κ3) is 3.58. The molecular formula is C18H16N4O. The first-order valence-corrected chi connectivity index (χ1v) is 7.27. The van der Waals surface area contributed by atoms with Gasteiger partial charge in [0.15, 0.2) is 0 Å². The number of benzene rings is 1. The molecule has 0 bridgehead atoms. The quantitative estimate of drug-likeness (QED) is 0.805. The van der Waals surface area contributed by atoms with Crippen molar-refractivity contribution < 1.29 is 4.79 Å². The summed E-state index contributed by atoms with van der Waals surface area (Å²) in [6, 6.07) is 14.8. The number of nitrogens with one attached hydrogen (secondary N) is 1. The van der Waals surface area contributed by atoms with E-state index < -0.39 is 0 Å². The van der Waals surface area contributed by atoms with E-state index in [1.54, 1.807) is 31.3 Å². The molecule has 0 radical (unpaired) electrons. The van der Waals surface area contributed by atoms with Crippen LogP contribution in [0, 0.1) is 13.8 Å². The molecule has 1 aromatic carbocycles. The second-order valence-electron chi connectivity index (χ2n) is 5.19. The molecular weight excluding hydrogens is 288 g/mol. The van der Waals surface area contributed by atoms with E-state index in [9.17, 15) is 4.79 Å². The van der Waals surface area contributed by atoms with Gasteiger partial charge in [-0.2, -0.15) is 0 Å². The van der Waals surface area contributed by atoms with Crippen LogP contribution in [-0.4, -0.2) is 20.9 Å². The average Bonchev–Trinajstić information content (AvgIpc) is 2.55. The average molecular weight is 304 g/mol. The van der Waals surface area contributed by atoms with Crippen LogP contribution in [0.3, 0.4) is 0 Å². The smallest absolute Gasteiger partial charge is 0.256 e. The van der Waals surface area contributed by atoms with Gasteiger partial charge in [0.25, 0.3) is 5.91 Å². The van der Waals surface area contributed by atoms with Gasteiger partial charge in [-0.15, -0.1) is 0 Å². The third-order valence-electron chi connectivity index (χ3n) is 3.32. The maximum atomic E-state index is 12.3. The third-order valence-corrected chi connectivity index (χ3v) is 3.32. The number of carbonyl (C=O) groups excluding carboxylic acids is 1. The second-order valence-corrected chi connectivity index (χ2v) is 5.19. The van der Waals surface area contributed by atoms with Crippen molar-refractivity contribution in [3.63, 3.8) is 0 Å². The first-order chi connectivity index (χ1) is 11.1. The summed E-state index contributed by atoms with van der Waals surface area (Å²) >= 11 is 0. The highest BCUT2D eigenvalue weighted by Gasteiger charge is 2.08. The number of amides is 1. The van der Waals surface area contributed by atoms with E-state index >= 15 is 0 Å². The number of hydrogen-bond acceptors (Lipinski definition) is 4. The fourth-order valence-corrected chi connectivity index (χ4v) is 2.30. The number of nitrogens with zero attached hydrogens (tertiary/aromatic N) is 3. The van der Waals surface area contributed by atoms with Gasteiger partial charge in [0.2, 0.25) is 0 Å². The molecule has 2 heterocycles. The van der Waals surface area contributed by atoms with E-state index in [0.717, 1.165) is 17.0 Å². The summed E-state index contributed by atoms with van der Waals surface area (Å²) < 4.78 is 0. The molecule has 23 heavy (non-hydrogen) atoms. The normalized spacial score (nSPS) is 10.3. The number of aryl methyl sites for hydroxylation is 2. The van der Waals surface area contributed by atoms with Gasteiger partial charge in [-0.3, -0.25) is 9.78 Å². The van der Waals surface area contributed by atoms with Crippen molar-refractivity contribution in [3.05, 3.63) is 71.8 Å². The van der Waals surface area contributed by atoms with Gasteiger partial charge < -0.3 is 5.32 Å². The van der Waals surface area contributed by atoms with E-state index in [0.29, 0.717) is 17.2 Å². The van der Waals surface area contributed by atoms with Gasteiger partial charge in [-0.25, -0.2) is 9.97 Å². The molecule has 5 heteroatoms. The van der Waals surface area contributed by atoms with Gasteiger partial charge in [-0.05, 0) is 38.1 Å². The van der Waals surface area contributed by atoms with Gasteiger partial charge in [0.05, 0.1) is 5.69 Å².